The minimum atomic E-state index is -4.40. The molecule has 0 rings (SSSR count). The zero-order chi connectivity index (χ0) is 61.6. The third kappa shape index (κ3) is 68.9. The summed E-state index contributed by atoms with van der Waals surface area (Å²) in [6, 6.07) is 0. The molecule has 484 valence electrons. The van der Waals surface area contributed by atoms with Crippen LogP contribution in [0.3, 0.4) is 0 Å². The molecule has 9 nitrogen and oxygen atoms in total. The van der Waals surface area contributed by atoms with Crippen LogP contribution in [-0.2, 0) is 32.7 Å². The van der Waals surface area contributed by atoms with E-state index >= 15 is 0 Å². The summed E-state index contributed by atoms with van der Waals surface area (Å²) in [5.74, 6) is -0.840. The number of unbranched alkanes of at least 4 members (excludes halogenated alkanes) is 26. The standard InChI is InChI=1S/C75H126NO8P/c1-3-5-7-9-11-13-15-17-19-21-23-25-27-28-29-30-31-32-33-34-35-36-37-38-39-40-41-42-43-44-46-48-50-52-54-56-58-60-62-64-66-68-75(78)84-73(72-83-85(79,80)82-70-69-76)71-81-74(77)67-65-63-61-59-57-55-53-51-49-47-45-26-24-22-20-18-16-14-12-10-8-6-4-2/h5-8,11-14,17-20,23-26,28-29,31-32,34-35,47,49,73H,3-4,9-10,15-16,21-22,27,30,33,36-46,48,50-72,76H2,1-2H3,(H,79,80)/b7-5-,8-6-,13-11-,14-12-,19-17-,20-18-,25-23-,26-24-,29-28-,32-31-,35-34-,49-47-. The third-order valence-electron chi connectivity index (χ3n) is 14.2. The molecule has 0 amide bonds. The van der Waals surface area contributed by atoms with Crippen molar-refractivity contribution in [3.63, 3.8) is 0 Å². The normalized spacial score (nSPS) is 13.9. The molecule has 0 fully saturated rings. The fraction of sp³-hybridized carbons (Fsp3) is 0.653. The van der Waals surface area contributed by atoms with Gasteiger partial charge in [0.2, 0.25) is 0 Å². The molecule has 0 heterocycles. The largest absolute Gasteiger partial charge is 0.472 e. The SMILES string of the molecule is CC/C=C\C/C=C\C/C=C\C/C=C\C/C=C\C/C=C\C/C=C\CCCCCCCCCCCCCCCCCCCCCC(=O)OC(COC(=O)CCCCCCCCC/C=C\C/C=C\C/C=C\C/C=C\C/C=C\CC)COP(=O)(O)OCCN. The summed E-state index contributed by atoms with van der Waals surface area (Å²) < 4.78 is 33.1. The van der Waals surface area contributed by atoms with Gasteiger partial charge >= 0.3 is 19.8 Å². The molecule has 0 aromatic heterocycles. The fourth-order valence-electron chi connectivity index (χ4n) is 9.23. The lowest BCUT2D eigenvalue weighted by molar-refractivity contribution is -0.161. The summed E-state index contributed by atoms with van der Waals surface area (Å²) in [5, 5.41) is 0. The Balaban J connectivity index is 3.88. The molecule has 0 aromatic carbocycles. The van der Waals surface area contributed by atoms with Crippen molar-refractivity contribution in [3.05, 3.63) is 146 Å². The molecule has 0 spiro atoms. The van der Waals surface area contributed by atoms with Gasteiger partial charge in [-0.25, -0.2) is 4.57 Å². The lowest BCUT2D eigenvalue weighted by Crippen LogP contribution is -2.29. The molecule has 2 unspecified atom stereocenters. The molecular weight excluding hydrogens is 1070 g/mol. The first-order valence-corrected chi connectivity index (χ1v) is 35.8. The second kappa shape index (κ2) is 69.0. The molecule has 10 heteroatoms. The van der Waals surface area contributed by atoms with Crippen molar-refractivity contribution in [2.45, 2.75) is 290 Å². The zero-order valence-electron chi connectivity index (χ0n) is 54.3. The van der Waals surface area contributed by atoms with E-state index in [1.54, 1.807) is 0 Å². The van der Waals surface area contributed by atoms with Crippen LogP contribution in [0.1, 0.15) is 284 Å². The number of hydrogen-bond donors (Lipinski definition) is 2. The van der Waals surface area contributed by atoms with Gasteiger partial charge in [-0.05, 0) is 116 Å². The summed E-state index contributed by atoms with van der Waals surface area (Å²) in [6.45, 7) is 3.51. The second-order valence-electron chi connectivity index (χ2n) is 22.3. The molecule has 0 aliphatic rings. The van der Waals surface area contributed by atoms with Crippen LogP contribution in [-0.4, -0.2) is 49.3 Å². The Morgan fingerprint density at radius 3 is 0.906 bits per heavy atom. The van der Waals surface area contributed by atoms with Crippen LogP contribution in [0, 0.1) is 0 Å². The number of carbonyl (C=O) groups excluding carboxylic acids is 2. The van der Waals surface area contributed by atoms with Crippen molar-refractivity contribution < 1.29 is 37.6 Å². The van der Waals surface area contributed by atoms with E-state index in [1.165, 1.54) is 122 Å². The first-order valence-electron chi connectivity index (χ1n) is 34.3. The minimum Gasteiger partial charge on any atom is -0.462 e. The number of allylic oxidation sites excluding steroid dienone is 24. The van der Waals surface area contributed by atoms with E-state index in [2.05, 4.69) is 160 Å². The van der Waals surface area contributed by atoms with E-state index in [0.717, 1.165) is 122 Å². The van der Waals surface area contributed by atoms with Crippen molar-refractivity contribution in [2.24, 2.45) is 5.73 Å². The van der Waals surface area contributed by atoms with Crippen molar-refractivity contribution in [2.75, 3.05) is 26.4 Å². The topological polar surface area (TPSA) is 134 Å². The van der Waals surface area contributed by atoms with Crippen LogP contribution < -0.4 is 5.73 Å². The maximum atomic E-state index is 12.8. The first kappa shape index (κ1) is 80.9. The molecule has 0 aromatic rings. The molecule has 0 saturated carbocycles. The molecule has 2 atom stereocenters. The lowest BCUT2D eigenvalue weighted by Gasteiger charge is -2.19. The van der Waals surface area contributed by atoms with Crippen molar-refractivity contribution in [3.8, 4) is 0 Å². The second-order valence-corrected chi connectivity index (χ2v) is 23.7. The highest BCUT2D eigenvalue weighted by Gasteiger charge is 2.26. The van der Waals surface area contributed by atoms with Crippen LogP contribution >= 0.6 is 7.82 Å². The number of ether oxygens (including phenoxy) is 2. The Morgan fingerprint density at radius 2 is 0.612 bits per heavy atom. The molecule has 0 radical (unpaired) electrons. The van der Waals surface area contributed by atoms with Crippen LogP contribution in [0.25, 0.3) is 0 Å². The maximum absolute atomic E-state index is 12.8. The molecular formula is C75H126NO8P. The molecule has 3 N–H and O–H groups in total. The van der Waals surface area contributed by atoms with Gasteiger partial charge in [0.15, 0.2) is 6.10 Å². The molecule has 85 heavy (non-hydrogen) atoms. The predicted molar refractivity (Wildman–Crippen MR) is 367 cm³/mol. The Morgan fingerprint density at radius 1 is 0.353 bits per heavy atom. The van der Waals surface area contributed by atoms with Gasteiger partial charge in [-0.15, -0.1) is 0 Å². The number of rotatable bonds is 63. The Hall–Kier alpha value is -4.11. The van der Waals surface area contributed by atoms with Crippen LogP contribution in [0.5, 0.6) is 0 Å². The van der Waals surface area contributed by atoms with Crippen LogP contribution in [0.15, 0.2) is 146 Å². The Bertz CT molecular complexity index is 1900. The summed E-state index contributed by atoms with van der Waals surface area (Å²) in [6.07, 6.45) is 99.3. The van der Waals surface area contributed by atoms with Crippen LogP contribution in [0.2, 0.25) is 0 Å². The average molecular weight is 1200 g/mol. The van der Waals surface area contributed by atoms with Gasteiger partial charge in [-0.1, -0.05) is 301 Å². The van der Waals surface area contributed by atoms with Gasteiger partial charge in [0.1, 0.15) is 6.61 Å². The van der Waals surface area contributed by atoms with Crippen LogP contribution in [0.4, 0.5) is 0 Å². The van der Waals surface area contributed by atoms with Gasteiger partial charge in [0.25, 0.3) is 0 Å². The Labute approximate surface area is 522 Å². The van der Waals surface area contributed by atoms with E-state index in [9.17, 15) is 19.0 Å². The van der Waals surface area contributed by atoms with Gasteiger partial charge in [0.05, 0.1) is 13.2 Å². The highest BCUT2D eigenvalue weighted by Crippen LogP contribution is 2.43. The van der Waals surface area contributed by atoms with Crippen molar-refractivity contribution in [1.82, 2.24) is 0 Å². The number of phosphoric ester groups is 1. The molecule has 0 saturated heterocycles. The fourth-order valence-corrected chi connectivity index (χ4v) is 10.00. The van der Waals surface area contributed by atoms with E-state index in [-0.39, 0.29) is 32.6 Å². The predicted octanol–water partition coefficient (Wildman–Crippen LogP) is 22.6. The molecule has 0 aliphatic carbocycles. The first-order chi connectivity index (χ1) is 41.8. The molecule has 0 aliphatic heterocycles. The monoisotopic (exact) mass is 1200 g/mol. The van der Waals surface area contributed by atoms with Gasteiger partial charge < -0.3 is 20.1 Å². The minimum absolute atomic E-state index is 0.0466. The quantitative estimate of drug-likeness (QED) is 0.0264. The molecule has 0 bridgehead atoms. The average Bonchev–Trinajstić information content (AvgIpc) is 3.52. The highest BCUT2D eigenvalue weighted by atomic mass is 31.2. The van der Waals surface area contributed by atoms with E-state index in [0.29, 0.717) is 12.8 Å². The third-order valence-corrected chi connectivity index (χ3v) is 15.2. The van der Waals surface area contributed by atoms with Gasteiger partial charge in [0, 0.05) is 19.4 Å². The van der Waals surface area contributed by atoms with Gasteiger partial charge in [-0.3, -0.25) is 18.6 Å². The summed E-state index contributed by atoms with van der Waals surface area (Å²) in [7, 11) is -4.40. The van der Waals surface area contributed by atoms with E-state index in [4.69, 9.17) is 24.3 Å². The number of esters is 2. The maximum Gasteiger partial charge on any atom is 0.472 e. The smallest absolute Gasteiger partial charge is 0.462 e. The number of carbonyl (C=O) groups is 2. The van der Waals surface area contributed by atoms with Crippen molar-refractivity contribution >= 4 is 19.8 Å². The number of nitrogens with two attached hydrogens (primary N) is 1. The number of hydrogen-bond acceptors (Lipinski definition) is 8. The zero-order valence-corrected chi connectivity index (χ0v) is 55.2. The van der Waals surface area contributed by atoms with Gasteiger partial charge in [-0.2, -0.15) is 0 Å². The summed E-state index contributed by atoms with van der Waals surface area (Å²) >= 11 is 0. The highest BCUT2D eigenvalue weighted by molar-refractivity contribution is 7.47. The van der Waals surface area contributed by atoms with Crippen molar-refractivity contribution in [1.29, 1.82) is 0 Å². The number of phosphoric acid groups is 1. The summed E-state index contributed by atoms with van der Waals surface area (Å²) in [4.78, 5) is 35.3. The van der Waals surface area contributed by atoms with E-state index < -0.39 is 32.5 Å². The lowest BCUT2D eigenvalue weighted by atomic mass is 10.0. The van der Waals surface area contributed by atoms with E-state index in [1.807, 2.05) is 0 Å². The Kier molecular flexibility index (Phi) is 65.7. The summed E-state index contributed by atoms with van der Waals surface area (Å²) in [5.41, 5.74) is 5.40.